The Hall–Kier alpha value is -0.970. The molecular formula is C4H7N3O2. The standard InChI is InChI=1S/C4H7N3O2/c1-7-3(8)5-6-4(7)9-2/h4H,1-2H3. The molecule has 50 valence electrons. The molecule has 0 aliphatic carbocycles. The van der Waals surface area contributed by atoms with Gasteiger partial charge >= 0.3 is 6.03 Å². The average Bonchev–Trinajstić information content (AvgIpc) is 2.15. The van der Waals surface area contributed by atoms with E-state index < -0.39 is 6.35 Å². The molecule has 2 amide bonds. The molecule has 1 aliphatic rings. The highest BCUT2D eigenvalue weighted by molar-refractivity contribution is 5.75. The van der Waals surface area contributed by atoms with Crippen LogP contribution in [-0.4, -0.2) is 31.4 Å². The summed E-state index contributed by atoms with van der Waals surface area (Å²) in [6, 6.07) is -0.359. The Kier molecular flexibility index (Phi) is 1.44. The van der Waals surface area contributed by atoms with Crippen LogP contribution in [0.5, 0.6) is 0 Å². The minimum atomic E-state index is -0.516. The van der Waals surface area contributed by atoms with E-state index in [1.807, 2.05) is 0 Å². The fourth-order valence-electron chi connectivity index (χ4n) is 0.547. The van der Waals surface area contributed by atoms with Crippen LogP contribution in [0.1, 0.15) is 0 Å². The Labute approximate surface area is 52.3 Å². The maximum Gasteiger partial charge on any atom is 0.365 e. The summed E-state index contributed by atoms with van der Waals surface area (Å²) < 4.78 is 4.74. The Morgan fingerprint density at radius 2 is 2.44 bits per heavy atom. The van der Waals surface area contributed by atoms with Gasteiger partial charge < -0.3 is 4.74 Å². The molecule has 0 saturated carbocycles. The van der Waals surface area contributed by atoms with Crippen molar-refractivity contribution in [1.82, 2.24) is 4.90 Å². The summed E-state index contributed by atoms with van der Waals surface area (Å²) in [7, 11) is 3.05. The Morgan fingerprint density at radius 1 is 1.78 bits per heavy atom. The lowest BCUT2D eigenvalue weighted by Crippen LogP contribution is -2.29. The van der Waals surface area contributed by atoms with Crippen molar-refractivity contribution in [2.75, 3.05) is 14.2 Å². The van der Waals surface area contributed by atoms with Crippen molar-refractivity contribution in [3.8, 4) is 0 Å². The predicted octanol–water partition coefficient (Wildman–Crippen LogP) is 0.434. The minimum Gasteiger partial charge on any atom is -0.341 e. The number of hydrogen-bond acceptors (Lipinski definition) is 3. The zero-order valence-electron chi connectivity index (χ0n) is 5.24. The first-order valence-electron chi connectivity index (χ1n) is 2.46. The minimum absolute atomic E-state index is 0.359. The topological polar surface area (TPSA) is 54.3 Å². The van der Waals surface area contributed by atoms with Crippen LogP contribution in [0.25, 0.3) is 0 Å². The fourth-order valence-corrected chi connectivity index (χ4v) is 0.547. The molecule has 1 unspecified atom stereocenters. The van der Waals surface area contributed by atoms with Gasteiger partial charge in [0.1, 0.15) is 0 Å². The maximum atomic E-state index is 10.5. The number of carbonyl (C=O) groups is 1. The van der Waals surface area contributed by atoms with E-state index in [1.165, 1.54) is 12.0 Å². The summed E-state index contributed by atoms with van der Waals surface area (Å²) in [6.45, 7) is 0. The number of nitrogens with zero attached hydrogens (tertiary/aromatic N) is 3. The number of carbonyl (C=O) groups excluding carboxylic acids is 1. The lowest BCUT2D eigenvalue weighted by molar-refractivity contribution is 0.0241. The molecule has 1 rings (SSSR count). The molecule has 0 aromatic rings. The second-order valence-corrected chi connectivity index (χ2v) is 1.67. The van der Waals surface area contributed by atoms with E-state index in [0.29, 0.717) is 0 Å². The summed E-state index contributed by atoms with van der Waals surface area (Å²) in [5, 5.41) is 6.75. The quantitative estimate of drug-likeness (QED) is 0.515. The summed E-state index contributed by atoms with van der Waals surface area (Å²) >= 11 is 0. The number of rotatable bonds is 1. The monoisotopic (exact) mass is 129 g/mol. The highest BCUT2D eigenvalue weighted by Gasteiger charge is 2.24. The summed E-state index contributed by atoms with van der Waals surface area (Å²) in [6.07, 6.45) is -0.516. The second kappa shape index (κ2) is 2.10. The van der Waals surface area contributed by atoms with Gasteiger partial charge in [-0.05, 0) is 0 Å². The van der Waals surface area contributed by atoms with E-state index in [1.54, 1.807) is 7.05 Å². The van der Waals surface area contributed by atoms with Crippen LogP contribution in [0.15, 0.2) is 10.2 Å². The highest BCUT2D eigenvalue weighted by Crippen LogP contribution is 2.09. The molecule has 0 bridgehead atoms. The zero-order valence-corrected chi connectivity index (χ0v) is 5.24. The molecule has 0 aromatic heterocycles. The van der Waals surface area contributed by atoms with E-state index in [2.05, 4.69) is 10.2 Å². The van der Waals surface area contributed by atoms with Gasteiger partial charge in [-0.15, -0.1) is 5.11 Å². The molecule has 1 heterocycles. The normalized spacial score (nSPS) is 25.8. The molecule has 9 heavy (non-hydrogen) atoms. The molecule has 0 aromatic carbocycles. The van der Waals surface area contributed by atoms with E-state index >= 15 is 0 Å². The molecule has 5 heteroatoms. The van der Waals surface area contributed by atoms with E-state index in [0.717, 1.165) is 0 Å². The van der Waals surface area contributed by atoms with Gasteiger partial charge in [-0.3, -0.25) is 4.90 Å². The smallest absolute Gasteiger partial charge is 0.341 e. The third-order valence-electron chi connectivity index (χ3n) is 1.09. The van der Waals surface area contributed by atoms with E-state index in [-0.39, 0.29) is 6.03 Å². The van der Waals surface area contributed by atoms with Crippen molar-refractivity contribution < 1.29 is 9.53 Å². The van der Waals surface area contributed by atoms with Crippen LogP contribution >= 0.6 is 0 Å². The number of methoxy groups -OCH3 is 1. The van der Waals surface area contributed by atoms with E-state index in [4.69, 9.17) is 4.74 Å². The maximum absolute atomic E-state index is 10.5. The van der Waals surface area contributed by atoms with Gasteiger partial charge in [0.15, 0.2) is 0 Å². The van der Waals surface area contributed by atoms with Crippen LogP contribution in [0, 0.1) is 0 Å². The van der Waals surface area contributed by atoms with E-state index in [9.17, 15) is 4.79 Å². The first kappa shape index (κ1) is 6.15. The molecule has 0 radical (unpaired) electrons. The van der Waals surface area contributed by atoms with Gasteiger partial charge in [0.25, 0.3) is 6.35 Å². The average molecular weight is 129 g/mol. The lowest BCUT2D eigenvalue weighted by atomic mass is 10.8. The third kappa shape index (κ3) is 0.904. The largest absolute Gasteiger partial charge is 0.365 e. The second-order valence-electron chi connectivity index (χ2n) is 1.67. The van der Waals surface area contributed by atoms with Crippen molar-refractivity contribution >= 4 is 6.03 Å². The van der Waals surface area contributed by atoms with Gasteiger partial charge in [0.2, 0.25) is 0 Å². The third-order valence-corrected chi connectivity index (χ3v) is 1.09. The van der Waals surface area contributed by atoms with Crippen molar-refractivity contribution in [1.29, 1.82) is 0 Å². The number of ether oxygens (including phenoxy) is 1. The van der Waals surface area contributed by atoms with Gasteiger partial charge in [0.05, 0.1) is 0 Å². The molecular weight excluding hydrogens is 122 g/mol. The SMILES string of the molecule is COC1N=NC(=O)N1C. The van der Waals surface area contributed by atoms with Crippen molar-refractivity contribution in [2.45, 2.75) is 6.35 Å². The molecule has 0 saturated heterocycles. The van der Waals surface area contributed by atoms with Gasteiger partial charge in [-0.2, -0.15) is 0 Å². The van der Waals surface area contributed by atoms with Crippen LogP contribution in [0.2, 0.25) is 0 Å². The first-order chi connectivity index (χ1) is 4.25. The molecule has 0 N–H and O–H groups in total. The molecule has 0 fully saturated rings. The zero-order chi connectivity index (χ0) is 6.85. The molecule has 0 spiro atoms. The van der Waals surface area contributed by atoms with Crippen molar-refractivity contribution in [3.05, 3.63) is 0 Å². The predicted molar refractivity (Wildman–Crippen MR) is 28.8 cm³/mol. The summed E-state index contributed by atoms with van der Waals surface area (Å²) in [5.41, 5.74) is 0. The highest BCUT2D eigenvalue weighted by atomic mass is 16.5. The van der Waals surface area contributed by atoms with Crippen LogP contribution < -0.4 is 0 Å². The lowest BCUT2D eigenvalue weighted by Gasteiger charge is -2.12. The Morgan fingerprint density at radius 3 is 2.67 bits per heavy atom. The molecule has 5 nitrogen and oxygen atoms in total. The van der Waals surface area contributed by atoms with Crippen LogP contribution in [-0.2, 0) is 4.74 Å². The summed E-state index contributed by atoms with van der Waals surface area (Å²) in [5.74, 6) is 0. The fraction of sp³-hybridized carbons (Fsp3) is 0.750. The van der Waals surface area contributed by atoms with Gasteiger partial charge in [0, 0.05) is 14.2 Å². The van der Waals surface area contributed by atoms with Crippen LogP contribution in [0.4, 0.5) is 4.79 Å². The number of urea groups is 1. The molecule has 1 atom stereocenters. The van der Waals surface area contributed by atoms with Crippen molar-refractivity contribution in [3.63, 3.8) is 0 Å². The summed E-state index contributed by atoms with van der Waals surface area (Å²) in [4.78, 5) is 11.8. The van der Waals surface area contributed by atoms with Crippen molar-refractivity contribution in [2.24, 2.45) is 10.2 Å². The molecule has 1 aliphatic heterocycles. The number of hydrogen-bond donors (Lipinski definition) is 0. The van der Waals surface area contributed by atoms with Gasteiger partial charge in [-0.25, -0.2) is 4.79 Å². The Balaban J connectivity index is 2.62. The number of azo groups is 1. The Bertz CT molecular complexity index is 156. The van der Waals surface area contributed by atoms with Gasteiger partial charge in [-0.1, -0.05) is 5.11 Å². The van der Waals surface area contributed by atoms with Crippen LogP contribution in [0.3, 0.4) is 0 Å². The first-order valence-corrected chi connectivity index (χ1v) is 2.46. The number of amides is 2.